The van der Waals surface area contributed by atoms with Crippen LogP contribution in [0.25, 0.3) is 0 Å². The van der Waals surface area contributed by atoms with Crippen LogP contribution in [0, 0.1) is 5.92 Å². The van der Waals surface area contributed by atoms with Crippen molar-refractivity contribution in [1.82, 2.24) is 5.32 Å². The van der Waals surface area contributed by atoms with Crippen molar-refractivity contribution in [3.05, 3.63) is 0 Å². The number of hydrogen-bond donors (Lipinski definition) is 1. The molecule has 2 unspecified atom stereocenters. The number of ether oxygens (including phenoxy) is 3. The van der Waals surface area contributed by atoms with E-state index in [1.807, 2.05) is 0 Å². The zero-order chi connectivity index (χ0) is 20.9. The molecule has 0 saturated carbocycles. The van der Waals surface area contributed by atoms with Gasteiger partial charge in [-0.1, -0.05) is 6.92 Å². The maximum Gasteiger partial charge on any atom is 0.408 e. The maximum absolute atomic E-state index is 12.5. The van der Waals surface area contributed by atoms with Gasteiger partial charge in [0.25, 0.3) is 0 Å². The minimum Gasteiger partial charge on any atom is -0.460 e. The normalized spacial score (nSPS) is 14.8. The number of hydrogen-bond acceptors (Lipinski definition) is 6. The molecule has 0 heterocycles. The number of alkyl carbamates (subject to hydrolysis) is 1. The van der Waals surface area contributed by atoms with Gasteiger partial charge in [0.05, 0.1) is 5.92 Å². The van der Waals surface area contributed by atoms with Crippen molar-refractivity contribution in [2.24, 2.45) is 5.92 Å². The smallest absolute Gasteiger partial charge is 0.408 e. The summed E-state index contributed by atoms with van der Waals surface area (Å²) < 4.78 is 15.9. The molecule has 0 radical (unpaired) electrons. The number of esters is 2. The number of carbonyl (C=O) groups is 3. The van der Waals surface area contributed by atoms with Gasteiger partial charge in [-0.05, 0) is 68.7 Å². The van der Waals surface area contributed by atoms with Crippen LogP contribution in [0.5, 0.6) is 0 Å². The minimum absolute atomic E-state index is 0.0447. The van der Waals surface area contributed by atoms with Crippen LogP contribution >= 0.6 is 0 Å². The molecule has 0 aromatic heterocycles. The summed E-state index contributed by atoms with van der Waals surface area (Å²) in [4.78, 5) is 36.7. The first-order valence-corrected chi connectivity index (χ1v) is 8.85. The number of rotatable bonds is 5. The van der Waals surface area contributed by atoms with Gasteiger partial charge in [-0.3, -0.25) is 4.79 Å². The van der Waals surface area contributed by atoms with Crippen LogP contribution in [0.2, 0.25) is 0 Å². The first-order valence-electron chi connectivity index (χ1n) is 8.85. The van der Waals surface area contributed by atoms with Crippen LogP contribution in [-0.2, 0) is 23.8 Å². The van der Waals surface area contributed by atoms with Gasteiger partial charge < -0.3 is 19.5 Å². The minimum atomic E-state index is -1.02. The molecule has 0 fully saturated rings. The van der Waals surface area contributed by atoms with E-state index in [4.69, 9.17) is 14.2 Å². The van der Waals surface area contributed by atoms with Crippen molar-refractivity contribution in [1.29, 1.82) is 0 Å². The predicted octanol–water partition coefficient (Wildman–Crippen LogP) is 3.59. The third-order valence-electron chi connectivity index (χ3n) is 2.78. The number of amides is 1. The Morgan fingerprint density at radius 2 is 1.12 bits per heavy atom. The van der Waals surface area contributed by atoms with Crippen LogP contribution in [-0.4, -0.2) is 40.9 Å². The summed E-state index contributed by atoms with van der Waals surface area (Å²) in [7, 11) is 0. The van der Waals surface area contributed by atoms with Gasteiger partial charge in [0.2, 0.25) is 0 Å². The fraction of sp³-hybridized carbons (Fsp3) is 0.842. The number of nitrogens with one attached hydrogen (secondary N) is 1. The molecule has 0 spiro atoms. The first-order chi connectivity index (χ1) is 11.4. The standard InChI is InChI=1S/C19H35NO6/c1-12(14(21)24-17(2,3)4)11-13(15(22)25-18(5,6)7)20-16(23)26-19(8,9)10/h12-13H,11H2,1-10H3,(H,20,23). The average Bonchev–Trinajstić information content (AvgIpc) is 2.30. The Morgan fingerprint density at radius 1 is 0.731 bits per heavy atom. The molecule has 0 aliphatic heterocycles. The van der Waals surface area contributed by atoms with Crippen molar-refractivity contribution in [3.8, 4) is 0 Å². The molecule has 0 bridgehead atoms. The molecule has 0 aliphatic carbocycles. The summed E-state index contributed by atoms with van der Waals surface area (Å²) in [5.41, 5.74) is -2.06. The molecule has 152 valence electrons. The maximum atomic E-state index is 12.5. The summed E-state index contributed by atoms with van der Waals surface area (Å²) in [5, 5.41) is 2.50. The fourth-order valence-electron chi connectivity index (χ4n) is 1.89. The molecule has 2 atom stereocenters. The average molecular weight is 373 g/mol. The molecule has 26 heavy (non-hydrogen) atoms. The lowest BCUT2D eigenvalue weighted by molar-refractivity contribution is -0.162. The highest BCUT2D eigenvalue weighted by molar-refractivity contribution is 5.83. The van der Waals surface area contributed by atoms with Crippen molar-refractivity contribution in [2.45, 2.75) is 98.5 Å². The van der Waals surface area contributed by atoms with E-state index in [9.17, 15) is 14.4 Å². The van der Waals surface area contributed by atoms with Crippen LogP contribution in [0.4, 0.5) is 4.79 Å². The Bertz CT molecular complexity index is 508. The van der Waals surface area contributed by atoms with Gasteiger partial charge in [0, 0.05) is 0 Å². The van der Waals surface area contributed by atoms with Crippen molar-refractivity contribution in [2.75, 3.05) is 0 Å². The molecule has 0 aromatic carbocycles. The Morgan fingerprint density at radius 3 is 1.50 bits per heavy atom. The van der Waals surface area contributed by atoms with Gasteiger partial charge in [0.1, 0.15) is 22.8 Å². The second kappa shape index (κ2) is 8.73. The Hall–Kier alpha value is -1.79. The molecular formula is C19H35NO6. The van der Waals surface area contributed by atoms with Crippen LogP contribution in [0.15, 0.2) is 0 Å². The predicted molar refractivity (Wildman–Crippen MR) is 98.6 cm³/mol. The van der Waals surface area contributed by atoms with Gasteiger partial charge in [0.15, 0.2) is 0 Å². The molecule has 7 nitrogen and oxygen atoms in total. The highest BCUT2D eigenvalue weighted by Gasteiger charge is 2.33. The summed E-state index contributed by atoms with van der Waals surface area (Å²) >= 11 is 0. The third-order valence-corrected chi connectivity index (χ3v) is 2.78. The van der Waals surface area contributed by atoms with Gasteiger partial charge in [-0.15, -0.1) is 0 Å². The summed E-state index contributed by atoms with van der Waals surface area (Å²) in [6.07, 6.45) is -0.701. The van der Waals surface area contributed by atoms with E-state index < -0.39 is 46.8 Å². The van der Waals surface area contributed by atoms with Crippen molar-refractivity contribution >= 4 is 18.0 Å². The quantitative estimate of drug-likeness (QED) is 0.585. The zero-order valence-electron chi connectivity index (χ0n) is 17.8. The molecule has 0 rings (SSSR count). The van der Waals surface area contributed by atoms with Gasteiger partial charge in [-0.2, -0.15) is 0 Å². The lowest BCUT2D eigenvalue weighted by Crippen LogP contribution is -2.47. The Labute approximate surface area is 157 Å². The van der Waals surface area contributed by atoms with Crippen molar-refractivity contribution in [3.63, 3.8) is 0 Å². The summed E-state index contributed by atoms with van der Waals surface area (Å²) in [5.74, 6) is -1.68. The summed E-state index contributed by atoms with van der Waals surface area (Å²) in [6, 6.07) is -1.02. The largest absolute Gasteiger partial charge is 0.460 e. The highest BCUT2D eigenvalue weighted by atomic mass is 16.6. The molecule has 1 amide bonds. The molecule has 0 aromatic rings. The van der Waals surface area contributed by atoms with E-state index >= 15 is 0 Å². The van der Waals surface area contributed by atoms with Gasteiger partial charge >= 0.3 is 18.0 Å². The lowest BCUT2D eigenvalue weighted by Gasteiger charge is -2.28. The third kappa shape index (κ3) is 11.7. The van der Waals surface area contributed by atoms with E-state index in [1.165, 1.54) is 0 Å². The monoisotopic (exact) mass is 373 g/mol. The topological polar surface area (TPSA) is 90.9 Å². The van der Waals surface area contributed by atoms with Crippen LogP contribution in [0.3, 0.4) is 0 Å². The van der Waals surface area contributed by atoms with E-state index in [1.54, 1.807) is 69.2 Å². The van der Waals surface area contributed by atoms with E-state index in [0.717, 1.165) is 0 Å². The first kappa shape index (κ1) is 24.2. The fourth-order valence-corrected chi connectivity index (χ4v) is 1.89. The number of carbonyl (C=O) groups excluding carboxylic acids is 3. The van der Waals surface area contributed by atoms with Crippen LogP contribution < -0.4 is 5.32 Å². The summed E-state index contributed by atoms with van der Waals surface area (Å²) in [6.45, 7) is 17.3. The zero-order valence-corrected chi connectivity index (χ0v) is 17.8. The van der Waals surface area contributed by atoms with Crippen molar-refractivity contribution < 1.29 is 28.6 Å². The van der Waals surface area contributed by atoms with Gasteiger partial charge in [-0.25, -0.2) is 9.59 Å². The molecule has 7 heteroatoms. The molecule has 0 saturated heterocycles. The molecule has 1 N–H and O–H groups in total. The lowest BCUT2D eigenvalue weighted by atomic mass is 10.0. The molecular weight excluding hydrogens is 338 g/mol. The Balaban J connectivity index is 5.17. The van der Waals surface area contributed by atoms with E-state index in [2.05, 4.69) is 5.32 Å². The second-order valence-electron chi connectivity index (χ2n) is 9.40. The molecule has 0 aliphatic rings. The van der Waals surface area contributed by atoms with E-state index in [-0.39, 0.29) is 6.42 Å². The van der Waals surface area contributed by atoms with E-state index in [0.29, 0.717) is 0 Å². The SMILES string of the molecule is CC(CC(NC(=O)OC(C)(C)C)C(=O)OC(C)(C)C)C(=O)OC(C)(C)C. The Kier molecular flexibility index (Phi) is 8.13. The highest BCUT2D eigenvalue weighted by Crippen LogP contribution is 2.18. The van der Waals surface area contributed by atoms with Crippen LogP contribution in [0.1, 0.15) is 75.7 Å². The second-order valence-corrected chi connectivity index (χ2v) is 9.40.